The lowest BCUT2D eigenvalue weighted by Crippen LogP contribution is -2.53. The second kappa shape index (κ2) is 4.40. The van der Waals surface area contributed by atoms with E-state index in [0.29, 0.717) is 0 Å². The van der Waals surface area contributed by atoms with Gasteiger partial charge in [-0.25, -0.2) is 4.39 Å². The molecule has 0 aromatic heterocycles. The molecule has 0 atom stereocenters. The van der Waals surface area contributed by atoms with Gasteiger partial charge >= 0.3 is 0 Å². The highest BCUT2D eigenvalue weighted by Gasteiger charge is 2.28. The molecule has 17 heavy (non-hydrogen) atoms. The van der Waals surface area contributed by atoms with Crippen LogP contribution in [0.15, 0.2) is 18.2 Å². The Bertz CT molecular complexity index is 472. The minimum absolute atomic E-state index is 0.0284. The third-order valence-electron chi connectivity index (χ3n) is 2.34. The first kappa shape index (κ1) is 13.0. The highest BCUT2D eigenvalue weighted by Crippen LogP contribution is 2.16. The number of hydrogen-bond acceptors (Lipinski definition) is 3. The maximum absolute atomic E-state index is 13.1. The van der Waals surface area contributed by atoms with Crippen LogP contribution in [-0.4, -0.2) is 17.4 Å². The molecule has 1 aromatic rings. The summed E-state index contributed by atoms with van der Waals surface area (Å²) >= 11 is 0. The van der Waals surface area contributed by atoms with Gasteiger partial charge in [0.2, 0.25) is 5.91 Å². The third-order valence-corrected chi connectivity index (χ3v) is 2.34. The first-order chi connectivity index (χ1) is 7.75. The Morgan fingerprint density at radius 3 is 2.47 bits per heavy atom. The lowest BCUT2D eigenvalue weighted by atomic mass is 10.0. The Balaban J connectivity index is 2.99. The van der Waals surface area contributed by atoms with Crippen LogP contribution in [0.5, 0.6) is 0 Å². The van der Waals surface area contributed by atoms with Crippen molar-refractivity contribution in [1.29, 1.82) is 0 Å². The number of halogens is 1. The van der Waals surface area contributed by atoms with E-state index >= 15 is 0 Å². The number of amides is 2. The van der Waals surface area contributed by atoms with Crippen molar-refractivity contribution in [2.75, 3.05) is 5.73 Å². The number of rotatable bonds is 3. The first-order valence-electron chi connectivity index (χ1n) is 4.92. The van der Waals surface area contributed by atoms with E-state index in [4.69, 9.17) is 11.5 Å². The first-order valence-corrected chi connectivity index (χ1v) is 4.92. The number of nitrogens with two attached hydrogens (primary N) is 2. The van der Waals surface area contributed by atoms with Crippen molar-refractivity contribution >= 4 is 17.5 Å². The van der Waals surface area contributed by atoms with Gasteiger partial charge in [0.05, 0.1) is 11.3 Å². The Hall–Kier alpha value is -2.11. The maximum Gasteiger partial charge on any atom is 0.254 e. The van der Waals surface area contributed by atoms with Crippen molar-refractivity contribution in [3.05, 3.63) is 29.6 Å². The van der Waals surface area contributed by atoms with E-state index in [0.717, 1.165) is 6.07 Å². The van der Waals surface area contributed by atoms with Crippen LogP contribution >= 0.6 is 0 Å². The van der Waals surface area contributed by atoms with Crippen molar-refractivity contribution in [3.63, 3.8) is 0 Å². The predicted octanol–water partition coefficient (Wildman–Crippen LogP) is 0.402. The Kier molecular flexibility index (Phi) is 3.36. The van der Waals surface area contributed by atoms with Crippen LogP contribution in [0.25, 0.3) is 0 Å². The fourth-order valence-corrected chi connectivity index (χ4v) is 1.15. The number of nitrogens with one attached hydrogen (secondary N) is 1. The van der Waals surface area contributed by atoms with Crippen LogP contribution in [0.4, 0.5) is 10.1 Å². The quantitative estimate of drug-likeness (QED) is 0.666. The number of nitrogen functional groups attached to an aromatic ring is 1. The largest absolute Gasteiger partial charge is 0.396 e. The van der Waals surface area contributed by atoms with Crippen molar-refractivity contribution < 1.29 is 14.0 Å². The molecule has 2 amide bonds. The van der Waals surface area contributed by atoms with Crippen molar-refractivity contribution in [3.8, 4) is 0 Å². The van der Waals surface area contributed by atoms with Crippen molar-refractivity contribution in [1.82, 2.24) is 5.32 Å². The molecule has 0 fully saturated rings. The smallest absolute Gasteiger partial charge is 0.254 e. The second-order valence-corrected chi connectivity index (χ2v) is 4.14. The van der Waals surface area contributed by atoms with E-state index < -0.39 is 23.2 Å². The summed E-state index contributed by atoms with van der Waals surface area (Å²) in [5, 5.41) is 2.38. The van der Waals surface area contributed by atoms with Gasteiger partial charge in [-0.15, -0.1) is 0 Å². The number of hydrogen-bond donors (Lipinski definition) is 3. The van der Waals surface area contributed by atoms with Gasteiger partial charge in [-0.05, 0) is 26.0 Å². The van der Waals surface area contributed by atoms with Gasteiger partial charge in [-0.3, -0.25) is 9.59 Å². The molecular formula is C11H14FN3O2. The topological polar surface area (TPSA) is 98.2 Å². The summed E-state index contributed by atoms with van der Waals surface area (Å²) in [5.41, 5.74) is 9.02. The van der Waals surface area contributed by atoms with E-state index in [1.54, 1.807) is 0 Å². The van der Waals surface area contributed by atoms with Crippen LogP contribution in [0.1, 0.15) is 24.2 Å². The van der Waals surface area contributed by atoms with E-state index in [1.165, 1.54) is 26.0 Å². The predicted molar refractivity (Wildman–Crippen MR) is 61.6 cm³/mol. The summed E-state index contributed by atoms with van der Waals surface area (Å²) < 4.78 is 13.1. The summed E-state index contributed by atoms with van der Waals surface area (Å²) in [6.45, 7) is 2.89. The zero-order valence-electron chi connectivity index (χ0n) is 9.58. The number of para-hydroxylation sites is 1. The third kappa shape index (κ3) is 2.72. The molecule has 0 spiro atoms. The highest BCUT2D eigenvalue weighted by molar-refractivity contribution is 6.02. The summed E-state index contributed by atoms with van der Waals surface area (Å²) in [4.78, 5) is 22.8. The lowest BCUT2D eigenvalue weighted by Gasteiger charge is -2.22. The number of benzene rings is 1. The molecule has 92 valence electrons. The van der Waals surface area contributed by atoms with Gasteiger partial charge in [0, 0.05) is 0 Å². The number of carbonyl (C=O) groups is 2. The Morgan fingerprint density at radius 2 is 1.94 bits per heavy atom. The van der Waals surface area contributed by atoms with Crippen LogP contribution in [0.3, 0.4) is 0 Å². The molecule has 0 radical (unpaired) electrons. The van der Waals surface area contributed by atoms with Crippen LogP contribution < -0.4 is 16.8 Å². The number of anilines is 1. The summed E-state index contributed by atoms with van der Waals surface area (Å²) in [6, 6.07) is 3.87. The molecule has 6 heteroatoms. The molecule has 1 rings (SSSR count). The van der Waals surface area contributed by atoms with Crippen molar-refractivity contribution in [2.24, 2.45) is 5.73 Å². The standard InChI is InChI=1S/C11H14FN3O2/c1-11(2,10(14)17)15-9(16)6-4-3-5-7(12)8(6)13/h3-5H,13H2,1-2H3,(H2,14,17)(H,15,16). The minimum atomic E-state index is -1.23. The Labute approximate surface area is 98.0 Å². The summed E-state index contributed by atoms with van der Waals surface area (Å²) in [5.74, 6) is -2.03. The molecule has 0 bridgehead atoms. The molecule has 0 aliphatic rings. The van der Waals surface area contributed by atoms with Crippen LogP contribution in [0, 0.1) is 5.82 Å². The van der Waals surface area contributed by atoms with E-state index in [2.05, 4.69) is 5.32 Å². The Morgan fingerprint density at radius 1 is 1.35 bits per heavy atom. The molecule has 0 aliphatic carbocycles. The fourth-order valence-electron chi connectivity index (χ4n) is 1.15. The zero-order valence-corrected chi connectivity index (χ0v) is 9.58. The normalized spacial score (nSPS) is 11.0. The van der Waals surface area contributed by atoms with Crippen molar-refractivity contribution in [2.45, 2.75) is 19.4 Å². The van der Waals surface area contributed by atoms with Crippen LogP contribution in [0.2, 0.25) is 0 Å². The molecule has 0 unspecified atom stereocenters. The van der Waals surface area contributed by atoms with E-state index in [-0.39, 0.29) is 11.3 Å². The fraction of sp³-hybridized carbons (Fsp3) is 0.273. The molecule has 0 heterocycles. The number of carbonyl (C=O) groups excluding carboxylic acids is 2. The summed E-state index contributed by atoms with van der Waals surface area (Å²) in [7, 11) is 0. The average Bonchev–Trinajstić information content (AvgIpc) is 2.21. The van der Waals surface area contributed by atoms with E-state index in [1.807, 2.05) is 0 Å². The summed E-state index contributed by atoms with van der Waals surface area (Å²) in [6.07, 6.45) is 0. The lowest BCUT2D eigenvalue weighted by molar-refractivity contribution is -0.122. The molecule has 0 saturated carbocycles. The molecule has 1 aromatic carbocycles. The monoisotopic (exact) mass is 239 g/mol. The molecule has 0 aliphatic heterocycles. The van der Waals surface area contributed by atoms with E-state index in [9.17, 15) is 14.0 Å². The van der Waals surface area contributed by atoms with Gasteiger partial charge < -0.3 is 16.8 Å². The van der Waals surface area contributed by atoms with Gasteiger partial charge in [0.25, 0.3) is 5.91 Å². The SMILES string of the molecule is CC(C)(NC(=O)c1cccc(F)c1N)C(N)=O. The molecular weight excluding hydrogens is 225 g/mol. The number of primary amides is 1. The van der Waals surface area contributed by atoms with Gasteiger partial charge in [0.15, 0.2) is 0 Å². The molecule has 0 saturated heterocycles. The van der Waals surface area contributed by atoms with Crippen LogP contribution in [-0.2, 0) is 4.79 Å². The average molecular weight is 239 g/mol. The maximum atomic E-state index is 13.1. The zero-order chi connectivity index (χ0) is 13.2. The minimum Gasteiger partial charge on any atom is -0.396 e. The van der Waals surface area contributed by atoms with Gasteiger partial charge in [-0.2, -0.15) is 0 Å². The van der Waals surface area contributed by atoms with Gasteiger partial charge in [0.1, 0.15) is 11.4 Å². The molecule has 5 N–H and O–H groups in total. The highest BCUT2D eigenvalue weighted by atomic mass is 19.1. The second-order valence-electron chi connectivity index (χ2n) is 4.14. The molecule has 5 nitrogen and oxygen atoms in total. The van der Waals surface area contributed by atoms with Gasteiger partial charge in [-0.1, -0.05) is 6.07 Å².